The summed E-state index contributed by atoms with van der Waals surface area (Å²) in [6.45, 7) is 6.26. The summed E-state index contributed by atoms with van der Waals surface area (Å²) in [7, 11) is 0. The number of fused-ring (bicyclic) bond motifs is 1. The Bertz CT molecular complexity index is 1050. The van der Waals surface area contributed by atoms with Gasteiger partial charge >= 0.3 is 5.97 Å². The van der Waals surface area contributed by atoms with E-state index in [2.05, 4.69) is 20.9 Å². The van der Waals surface area contributed by atoms with Gasteiger partial charge in [-0.05, 0) is 37.8 Å². The van der Waals surface area contributed by atoms with Crippen molar-refractivity contribution in [3.05, 3.63) is 36.0 Å². The van der Waals surface area contributed by atoms with Gasteiger partial charge in [0.05, 0.1) is 12.1 Å². The third kappa shape index (κ3) is 7.27. The standard InChI is InChI=1S/C24H35N5O6/c1-5-12(2)19(23(33)27-13(3)21(31)29-20(14(4)30)24(34)35)28-22(32)17(25)10-15-11-26-18-9-7-6-8-16(15)18/h6-9,11-14,17,19-20,26,30H,5,10,25H2,1-4H3,(H,27,33)(H,28,32)(H,29,31)(H,34,35). The Morgan fingerprint density at radius 1 is 0.971 bits per heavy atom. The molecule has 0 aliphatic heterocycles. The fourth-order valence-electron chi connectivity index (χ4n) is 3.63. The minimum Gasteiger partial charge on any atom is -0.480 e. The van der Waals surface area contributed by atoms with E-state index < -0.39 is 54.0 Å². The Morgan fingerprint density at radius 2 is 1.60 bits per heavy atom. The summed E-state index contributed by atoms with van der Waals surface area (Å²) in [6, 6.07) is 3.16. The first-order chi connectivity index (χ1) is 16.5. The van der Waals surface area contributed by atoms with Crippen LogP contribution in [0.25, 0.3) is 10.9 Å². The number of hydrogen-bond acceptors (Lipinski definition) is 6. The van der Waals surface area contributed by atoms with Gasteiger partial charge in [-0.2, -0.15) is 0 Å². The summed E-state index contributed by atoms with van der Waals surface area (Å²) in [6.07, 6.45) is 1.30. The zero-order valence-corrected chi connectivity index (χ0v) is 20.4. The van der Waals surface area contributed by atoms with Crippen molar-refractivity contribution in [1.82, 2.24) is 20.9 Å². The van der Waals surface area contributed by atoms with Crippen molar-refractivity contribution in [2.45, 2.75) is 70.8 Å². The molecule has 3 amide bonds. The molecule has 0 saturated heterocycles. The van der Waals surface area contributed by atoms with E-state index >= 15 is 0 Å². The predicted octanol–water partition coefficient (Wildman–Crippen LogP) is 0.0235. The molecule has 2 rings (SSSR count). The Hall–Kier alpha value is -3.44. The van der Waals surface area contributed by atoms with Gasteiger partial charge < -0.3 is 36.9 Å². The molecule has 1 heterocycles. The number of benzene rings is 1. The van der Waals surface area contributed by atoms with E-state index in [1.165, 1.54) is 13.8 Å². The lowest BCUT2D eigenvalue weighted by molar-refractivity contribution is -0.145. The number of nitrogens with one attached hydrogen (secondary N) is 4. The minimum absolute atomic E-state index is 0.263. The summed E-state index contributed by atoms with van der Waals surface area (Å²) in [5, 5.41) is 27.0. The maximum Gasteiger partial charge on any atom is 0.328 e. The second kappa shape index (κ2) is 12.3. The van der Waals surface area contributed by atoms with Crippen molar-refractivity contribution in [2.24, 2.45) is 11.7 Å². The molecule has 2 aromatic rings. The maximum atomic E-state index is 12.9. The zero-order valence-electron chi connectivity index (χ0n) is 20.4. The molecule has 1 aromatic heterocycles. The molecule has 1 aromatic carbocycles. The third-order valence-electron chi connectivity index (χ3n) is 6.04. The number of amides is 3. The first-order valence-corrected chi connectivity index (χ1v) is 11.6. The second-order valence-electron chi connectivity index (χ2n) is 8.84. The number of carbonyl (C=O) groups excluding carboxylic acids is 3. The van der Waals surface area contributed by atoms with E-state index in [1.54, 1.807) is 13.1 Å². The van der Waals surface area contributed by atoms with E-state index in [0.29, 0.717) is 6.42 Å². The number of aromatic nitrogens is 1. The van der Waals surface area contributed by atoms with Crippen LogP contribution in [0.1, 0.15) is 39.7 Å². The average molecular weight is 490 g/mol. The molecule has 11 nitrogen and oxygen atoms in total. The summed E-state index contributed by atoms with van der Waals surface area (Å²) in [4.78, 5) is 52.5. The van der Waals surface area contributed by atoms with Crippen molar-refractivity contribution in [3.63, 3.8) is 0 Å². The Kier molecular flexibility index (Phi) is 9.78. The number of carboxylic acid groups (broad SMARTS) is 1. The molecule has 0 saturated carbocycles. The van der Waals surface area contributed by atoms with Crippen molar-refractivity contribution in [1.29, 1.82) is 0 Å². The van der Waals surface area contributed by atoms with Gasteiger partial charge in [0.1, 0.15) is 12.1 Å². The molecule has 35 heavy (non-hydrogen) atoms. The van der Waals surface area contributed by atoms with E-state index in [0.717, 1.165) is 16.5 Å². The fourth-order valence-corrected chi connectivity index (χ4v) is 3.63. The van der Waals surface area contributed by atoms with Gasteiger partial charge in [-0.3, -0.25) is 14.4 Å². The second-order valence-corrected chi connectivity index (χ2v) is 8.84. The first-order valence-electron chi connectivity index (χ1n) is 11.6. The lowest BCUT2D eigenvalue weighted by Gasteiger charge is -2.27. The van der Waals surface area contributed by atoms with Gasteiger partial charge in [-0.25, -0.2) is 4.79 Å². The van der Waals surface area contributed by atoms with Gasteiger partial charge in [0.25, 0.3) is 0 Å². The molecule has 8 N–H and O–H groups in total. The summed E-state index contributed by atoms with van der Waals surface area (Å²) >= 11 is 0. The SMILES string of the molecule is CCC(C)C(NC(=O)C(N)Cc1c[nH]c2ccccc12)C(=O)NC(C)C(=O)NC(C(=O)O)C(C)O. The number of aliphatic hydroxyl groups excluding tert-OH is 1. The fraction of sp³-hybridized carbons (Fsp3) is 0.500. The van der Waals surface area contributed by atoms with Crippen LogP contribution >= 0.6 is 0 Å². The van der Waals surface area contributed by atoms with Crippen LogP contribution in [0.3, 0.4) is 0 Å². The predicted molar refractivity (Wildman–Crippen MR) is 130 cm³/mol. The van der Waals surface area contributed by atoms with Gasteiger partial charge in [0, 0.05) is 17.1 Å². The van der Waals surface area contributed by atoms with E-state index in [-0.39, 0.29) is 12.3 Å². The molecule has 0 aliphatic carbocycles. The topological polar surface area (TPSA) is 187 Å². The van der Waals surface area contributed by atoms with E-state index in [4.69, 9.17) is 10.8 Å². The van der Waals surface area contributed by atoms with Gasteiger partial charge in [0.15, 0.2) is 6.04 Å². The van der Waals surface area contributed by atoms with Crippen LogP contribution in [0, 0.1) is 5.92 Å². The number of aliphatic hydroxyl groups is 1. The van der Waals surface area contributed by atoms with Crippen LogP contribution in [0.4, 0.5) is 0 Å². The zero-order chi connectivity index (χ0) is 26.3. The van der Waals surface area contributed by atoms with Crippen LogP contribution in [0.5, 0.6) is 0 Å². The van der Waals surface area contributed by atoms with E-state index in [1.807, 2.05) is 31.2 Å². The summed E-state index contributed by atoms with van der Waals surface area (Å²) < 4.78 is 0. The number of hydrogen-bond donors (Lipinski definition) is 7. The highest BCUT2D eigenvalue weighted by Crippen LogP contribution is 2.19. The molecule has 192 valence electrons. The van der Waals surface area contributed by atoms with Crippen LogP contribution in [-0.2, 0) is 25.6 Å². The number of aromatic amines is 1. The van der Waals surface area contributed by atoms with Gasteiger partial charge in [-0.1, -0.05) is 38.5 Å². The van der Waals surface area contributed by atoms with Crippen molar-refractivity contribution < 1.29 is 29.4 Å². The Labute approximate surface area is 203 Å². The van der Waals surface area contributed by atoms with Gasteiger partial charge in [0.2, 0.25) is 17.7 Å². The number of rotatable bonds is 12. The molecule has 0 bridgehead atoms. The smallest absolute Gasteiger partial charge is 0.328 e. The molecule has 6 unspecified atom stereocenters. The molecule has 0 fully saturated rings. The number of carboxylic acids is 1. The highest BCUT2D eigenvalue weighted by atomic mass is 16.4. The van der Waals surface area contributed by atoms with E-state index in [9.17, 15) is 24.3 Å². The maximum absolute atomic E-state index is 12.9. The molecule has 0 radical (unpaired) electrons. The number of nitrogens with two attached hydrogens (primary N) is 1. The molecule has 0 aliphatic rings. The van der Waals surface area contributed by atoms with Crippen LogP contribution in [0.2, 0.25) is 0 Å². The molecule has 6 atom stereocenters. The van der Waals surface area contributed by atoms with Crippen LogP contribution < -0.4 is 21.7 Å². The quantitative estimate of drug-likeness (QED) is 0.219. The highest BCUT2D eigenvalue weighted by molar-refractivity contribution is 5.94. The minimum atomic E-state index is -1.52. The van der Waals surface area contributed by atoms with Crippen molar-refractivity contribution >= 4 is 34.6 Å². The molecular weight excluding hydrogens is 454 g/mol. The van der Waals surface area contributed by atoms with Crippen molar-refractivity contribution in [2.75, 3.05) is 0 Å². The monoisotopic (exact) mass is 489 g/mol. The van der Waals surface area contributed by atoms with Gasteiger partial charge in [-0.15, -0.1) is 0 Å². The number of H-pyrrole nitrogens is 1. The highest BCUT2D eigenvalue weighted by Gasteiger charge is 2.32. The first kappa shape index (κ1) is 27.8. The third-order valence-corrected chi connectivity index (χ3v) is 6.04. The number of carbonyl (C=O) groups is 4. The van der Waals surface area contributed by atoms with Crippen LogP contribution in [0.15, 0.2) is 30.5 Å². The van der Waals surface area contributed by atoms with Crippen LogP contribution in [-0.4, -0.2) is 69.2 Å². The average Bonchev–Trinajstić information content (AvgIpc) is 3.22. The normalized spacial score (nSPS) is 16.4. The van der Waals surface area contributed by atoms with Crippen molar-refractivity contribution in [3.8, 4) is 0 Å². The summed E-state index contributed by atoms with van der Waals surface area (Å²) in [5.41, 5.74) is 7.96. The molecule has 0 spiro atoms. The summed E-state index contributed by atoms with van der Waals surface area (Å²) in [5.74, 6) is -3.55. The number of aliphatic carboxylic acids is 1. The Balaban J connectivity index is 2.04. The lowest BCUT2D eigenvalue weighted by Crippen LogP contribution is -2.58. The largest absolute Gasteiger partial charge is 0.480 e. The molecule has 11 heteroatoms. The lowest BCUT2D eigenvalue weighted by atomic mass is 9.97. The molecular formula is C24H35N5O6. The number of para-hydroxylation sites is 1. The Morgan fingerprint density at radius 3 is 2.20 bits per heavy atom.